The molecule has 0 saturated heterocycles. The number of hydrogen-bond donors (Lipinski definition) is 0. The van der Waals surface area contributed by atoms with Crippen molar-refractivity contribution in [1.82, 2.24) is 0 Å². The van der Waals surface area contributed by atoms with E-state index in [1.165, 1.54) is 0 Å². The van der Waals surface area contributed by atoms with Gasteiger partial charge in [0.15, 0.2) is 0 Å². The predicted octanol–water partition coefficient (Wildman–Crippen LogP) is -3.16. The van der Waals surface area contributed by atoms with Crippen molar-refractivity contribution in [1.29, 1.82) is 0 Å². The fraction of sp³-hybridized carbons (Fsp3) is 0. The molecular weight excluding hydrogens is 253 g/mol. The van der Waals surface area contributed by atoms with E-state index >= 15 is 0 Å². The summed E-state index contributed by atoms with van der Waals surface area (Å²) in [6.07, 6.45) is 0. The molecule has 0 fully saturated rings. The van der Waals surface area contributed by atoms with Crippen LogP contribution in [0.2, 0.25) is 0 Å². The zero-order chi connectivity index (χ0) is 2.00. The Morgan fingerprint density at radius 1 is 1.50 bits per heavy atom. The average Bonchev–Trinajstić information content (AvgIpc) is 1.00. The van der Waals surface area contributed by atoms with Crippen molar-refractivity contribution in [3.8, 4) is 0 Å². The van der Waals surface area contributed by atoms with Crippen molar-refractivity contribution in [3.63, 3.8) is 0 Å². The second kappa shape index (κ2) is 17.3. The van der Waals surface area contributed by atoms with Gasteiger partial charge in [0.25, 0.3) is 0 Å². The molecule has 0 heterocycles. The fourth-order valence-electron chi connectivity index (χ4n) is 0. The summed E-state index contributed by atoms with van der Waals surface area (Å²) in [6.45, 7) is 0. The molecule has 0 unspecified atom stereocenters. The van der Waals surface area contributed by atoms with E-state index in [9.17, 15) is 0 Å². The molecule has 17 valence electrons. The van der Waals surface area contributed by atoms with Gasteiger partial charge in [-0.2, -0.15) is 0 Å². The maximum absolute atomic E-state index is 8.30. The molecule has 0 aliphatic heterocycles. The van der Waals surface area contributed by atoms with E-state index in [1.54, 1.807) is 0 Å². The molecule has 4 heteroatoms. The molecule has 0 radical (unpaired) electrons. The molecule has 0 aromatic heterocycles. The molecule has 0 rings (SSSR count). The first-order valence-corrected chi connectivity index (χ1v) is 1.08. The van der Waals surface area contributed by atoms with E-state index in [0.717, 1.165) is 0 Å². The SMILES string of the molecule is [Ba+2].[H-].[H-].[H-].[Li+].[O]=[Nb]. The maximum atomic E-state index is 8.30. The van der Waals surface area contributed by atoms with Gasteiger partial charge in [-0.3, -0.25) is 0 Å². The van der Waals surface area contributed by atoms with E-state index in [1.807, 2.05) is 0 Å². The molecule has 0 amide bonds. The van der Waals surface area contributed by atoms with Crippen LogP contribution < -0.4 is 18.9 Å². The molecule has 0 atom stereocenters. The first-order valence-electron chi connectivity index (χ1n) is 0.183. The van der Waals surface area contributed by atoms with Gasteiger partial charge < -0.3 is 4.28 Å². The Kier molecular flexibility index (Phi) is 68.5. The Morgan fingerprint density at radius 3 is 1.50 bits per heavy atom. The number of hydrogen-bond acceptors (Lipinski definition) is 1. The van der Waals surface area contributed by atoms with Crippen molar-refractivity contribution in [2.75, 3.05) is 0 Å². The van der Waals surface area contributed by atoms with Gasteiger partial charge in [-0.1, -0.05) is 0 Å². The number of rotatable bonds is 0. The summed E-state index contributed by atoms with van der Waals surface area (Å²) in [5.41, 5.74) is 0. The molecule has 0 N–H and O–H groups in total. The van der Waals surface area contributed by atoms with Crippen molar-refractivity contribution >= 4 is 48.9 Å². The van der Waals surface area contributed by atoms with Crippen molar-refractivity contribution in [2.45, 2.75) is 0 Å². The molecule has 0 saturated carbocycles. The van der Waals surface area contributed by atoms with Gasteiger partial charge in [0.1, 0.15) is 0 Å². The monoisotopic (exact) mass is 257 g/mol. The van der Waals surface area contributed by atoms with Crippen LogP contribution in [-0.4, -0.2) is 48.9 Å². The topological polar surface area (TPSA) is 17.1 Å². The van der Waals surface area contributed by atoms with Crippen LogP contribution in [0.1, 0.15) is 4.28 Å². The second-order valence-corrected chi connectivity index (χ2v) is 0. The summed E-state index contributed by atoms with van der Waals surface area (Å²) in [4.78, 5) is 0. The van der Waals surface area contributed by atoms with E-state index in [-0.39, 0.29) is 72.0 Å². The van der Waals surface area contributed by atoms with Crippen LogP contribution in [-0.2, 0) is 24.3 Å². The van der Waals surface area contributed by atoms with Crippen LogP contribution in [0.25, 0.3) is 0 Å². The third-order valence-corrected chi connectivity index (χ3v) is 0. The van der Waals surface area contributed by atoms with E-state index in [4.69, 9.17) is 3.25 Å². The Bertz CT molecular complexity index is 14.9. The summed E-state index contributed by atoms with van der Waals surface area (Å²) >= 11 is 0.500. The van der Waals surface area contributed by atoms with Gasteiger partial charge >= 0.3 is 92.0 Å². The minimum absolute atomic E-state index is 0. The van der Waals surface area contributed by atoms with Crippen LogP contribution in [0.3, 0.4) is 0 Å². The summed E-state index contributed by atoms with van der Waals surface area (Å²) in [5.74, 6) is 0. The molecule has 0 aromatic carbocycles. The van der Waals surface area contributed by atoms with E-state index < -0.39 is 0 Å². The predicted molar refractivity (Wildman–Crippen MR) is 9.78 cm³/mol. The molecule has 0 aliphatic rings. The quantitative estimate of drug-likeness (QED) is 0.418. The zero-order valence-corrected chi connectivity index (χ0v) is 9.20. The summed E-state index contributed by atoms with van der Waals surface area (Å²) in [6, 6.07) is 0. The van der Waals surface area contributed by atoms with Gasteiger partial charge in [-0.15, -0.1) is 0 Å². The summed E-state index contributed by atoms with van der Waals surface area (Å²) in [7, 11) is 0. The molecule has 0 bridgehead atoms. The van der Waals surface area contributed by atoms with Gasteiger partial charge in [0.2, 0.25) is 0 Å². The Balaban J connectivity index is -0.000000000500. The van der Waals surface area contributed by atoms with E-state index in [2.05, 4.69) is 0 Å². The Hall–Kier alpha value is 2.71. The fourth-order valence-corrected chi connectivity index (χ4v) is 0. The van der Waals surface area contributed by atoms with Crippen molar-refractivity contribution in [2.24, 2.45) is 0 Å². The van der Waals surface area contributed by atoms with Crippen LogP contribution in [0.5, 0.6) is 0 Å². The zero-order valence-electron chi connectivity index (χ0n) is 5.56. The van der Waals surface area contributed by atoms with Crippen LogP contribution in [0.15, 0.2) is 0 Å². The van der Waals surface area contributed by atoms with Crippen LogP contribution in [0, 0.1) is 0 Å². The normalized spacial score (nSPS) is 0.750. The van der Waals surface area contributed by atoms with E-state index in [0.29, 0.717) is 21.0 Å². The van der Waals surface area contributed by atoms with Gasteiger partial charge in [0.05, 0.1) is 0 Å². The van der Waals surface area contributed by atoms with Crippen molar-refractivity contribution < 1.29 is 47.4 Å². The molecule has 0 spiro atoms. The molecular formula is H3BaLiNbO. The Labute approximate surface area is 94.2 Å². The third kappa shape index (κ3) is 8.83. The second-order valence-electron chi connectivity index (χ2n) is 0. The molecule has 0 aromatic rings. The van der Waals surface area contributed by atoms with Crippen LogP contribution >= 0.6 is 0 Å². The van der Waals surface area contributed by atoms with Crippen molar-refractivity contribution in [3.05, 3.63) is 0 Å². The Morgan fingerprint density at radius 2 is 1.50 bits per heavy atom. The first-order chi connectivity index (χ1) is 1.00. The van der Waals surface area contributed by atoms with Gasteiger partial charge in [-0.25, -0.2) is 0 Å². The summed E-state index contributed by atoms with van der Waals surface area (Å²) in [5, 5.41) is 0. The minimum atomic E-state index is 0. The van der Waals surface area contributed by atoms with Gasteiger partial charge in [-0.05, 0) is 0 Å². The standard InChI is InChI=1S/Ba.Li.Nb.O.3H/q+2;+1;;;3*-1. The third-order valence-electron chi connectivity index (χ3n) is 0. The first kappa shape index (κ1) is 15.9. The molecule has 1 nitrogen and oxygen atoms in total. The van der Waals surface area contributed by atoms with Crippen LogP contribution in [0.4, 0.5) is 0 Å². The van der Waals surface area contributed by atoms with Gasteiger partial charge in [0, 0.05) is 0 Å². The molecule has 4 heavy (non-hydrogen) atoms. The molecule has 0 aliphatic carbocycles. The summed E-state index contributed by atoms with van der Waals surface area (Å²) < 4.78 is 8.30. The average molecular weight is 256 g/mol.